The summed E-state index contributed by atoms with van der Waals surface area (Å²) in [4.78, 5) is 4.82. The first-order chi connectivity index (χ1) is 8.81. The largest absolute Gasteiger partial charge is 0.395 e. The molecule has 0 amide bonds. The van der Waals surface area contributed by atoms with E-state index in [1.807, 2.05) is 0 Å². The molecule has 0 aromatic heterocycles. The maximum atomic E-state index is 8.91. The molecule has 3 nitrogen and oxygen atoms in total. The Morgan fingerprint density at radius 3 is 2.06 bits per heavy atom. The monoisotopic (exact) mass is 248 g/mol. The molecule has 1 aliphatic heterocycles. The second-order valence-corrected chi connectivity index (χ2v) is 5.01. The Balaban J connectivity index is 1.80. The molecule has 0 atom stereocenters. The highest BCUT2D eigenvalue weighted by atomic mass is 16.3. The van der Waals surface area contributed by atoms with Crippen molar-refractivity contribution in [2.75, 3.05) is 39.3 Å². The van der Waals surface area contributed by atoms with Gasteiger partial charge in [0.1, 0.15) is 0 Å². The molecule has 0 spiro atoms. The highest BCUT2D eigenvalue weighted by Crippen LogP contribution is 2.10. The third-order valence-corrected chi connectivity index (χ3v) is 3.72. The molecular weight excluding hydrogens is 224 g/mol. The molecule has 2 rings (SSSR count). The van der Waals surface area contributed by atoms with E-state index in [4.69, 9.17) is 5.11 Å². The van der Waals surface area contributed by atoms with E-state index in [1.165, 1.54) is 11.1 Å². The summed E-state index contributed by atoms with van der Waals surface area (Å²) < 4.78 is 0. The van der Waals surface area contributed by atoms with Crippen LogP contribution in [0.15, 0.2) is 24.3 Å². The fourth-order valence-corrected chi connectivity index (χ4v) is 2.45. The Bertz CT molecular complexity index is 342. The van der Waals surface area contributed by atoms with Gasteiger partial charge in [0.05, 0.1) is 6.61 Å². The van der Waals surface area contributed by atoms with Crippen molar-refractivity contribution in [3.63, 3.8) is 0 Å². The zero-order valence-corrected chi connectivity index (χ0v) is 11.3. The van der Waals surface area contributed by atoms with Gasteiger partial charge in [-0.1, -0.05) is 31.2 Å². The summed E-state index contributed by atoms with van der Waals surface area (Å²) in [5, 5.41) is 8.91. The number of aryl methyl sites for hydroxylation is 1. The van der Waals surface area contributed by atoms with E-state index < -0.39 is 0 Å². The van der Waals surface area contributed by atoms with E-state index in [9.17, 15) is 0 Å². The molecule has 1 aromatic carbocycles. The fourth-order valence-electron chi connectivity index (χ4n) is 2.45. The number of piperazine rings is 1. The minimum atomic E-state index is 0.276. The summed E-state index contributed by atoms with van der Waals surface area (Å²) in [5.41, 5.74) is 2.81. The smallest absolute Gasteiger partial charge is 0.0558 e. The molecule has 0 bridgehead atoms. The van der Waals surface area contributed by atoms with Crippen LogP contribution in [0.2, 0.25) is 0 Å². The van der Waals surface area contributed by atoms with Gasteiger partial charge in [0.25, 0.3) is 0 Å². The van der Waals surface area contributed by atoms with Crippen molar-refractivity contribution in [1.82, 2.24) is 9.80 Å². The van der Waals surface area contributed by atoms with Crippen molar-refractivity contribution >= 4 is 0 Å². The van der Waals surface area contributed by atoms with Gasteiger partial charge in [-0.05, 0) is 17.5 Å². The van der Waals surface area contributed by atoms with Crippen LogP contribution in [0.4, 0.5) is 0 Å². The fraction of sp³-hybridized carbons (Fsp3) is 0.600. The molecule has 1 fully saturated rings. The van der Waals surface area contributed by atoms with Gasteiger partial charge in [-0.2, -0.15) is 0 Å². The molecule has 18 heavy (non-hydrogen) atoms. The summed E-state index contributed by atoms with van der Waals surface area (Å²) in [6.07, 6.45) is 1.11. The predicted octanol–water partition coefficient (Wildman–Crippen LogP) is 1.36. The van der Waals surface area contributed by atoms with E-state index >= 15 is 0 Å². The van der Waals surface area contributed by atoms with E-state index in [0.29, 0.717) is 0 Å². The summed E-state index contributed by atoms with van der Waals surface area (Å²) in [6.45, 7) is 8.70. The molecule has 0 aliphatic carbocycles. The van der Waals surface area contributed by atoms with Crippen molar-refractivity contribution < 1.29 is 5.11 Å². The lowest BCUT2D eigenvalue weighted by Gasteiger charge is -2.34. The second kappa shape index (κ2) is 6.88. The molecule has 3 heteroatoms. The molecule has 0 saturated carbocycles. The average molecular weight is 248 g/mol. The van der Waals surface area contributed by atoms with Gasteiger partial charge in [-0.15, -0.1) is 0 Å². The summed E-state index contributed by atoms with van der Waals surface area (Å²) >= 11 is 0. The quantitative estimate of drug-likeness (QED) is 0.852. The predicted molar refractivity (Wildman–Crippen MR) is 74.6 cm³/mol. The van der Waals surface area contributed by atoms with Crippen molar-refractivity contribution in [2.24, 2.45) is 0 Å². The zero-order valence-electron chi connectivity index (χ0n) is 11.3. The van der Waals surface area contributed by atoms with E-state index in [0.717, 1.165) is 45.7 Å². The first-order valence-electron chi connectivity index (χ1n) is 6.95. The molecule has 0 radical (unpaired) electrons. The van der Waals surface area contributed by atoms with Crippen molar-refractivity contribution in [2.45, 2.75) is 19.9 Å². The van der Waals surface area contributed by atoms with Gasteiger partial charge in [0.15, 0.2) is 0 Å². The Labute approximate surface area is 110 Å². The van der Waals surface area contributed by atoms with Crippen LogP contribution >= 0.6 is 0 Å². The minimum Gasteiger partial charge on any atom is -0.395 e. The Morgan fingerprint density at radius 1 is 0.944 bits per heavy atom. The van der Waals surface area contributed by atoms with Gasteiger partial charge in [-0.3, -0.25) is 9.80 Å². The summed E-state index contributed by atoms with van der Waals surface area (Å²) in [7, 11) is 0. The molecule has 1 N–H and O–H groups in total. The number of nitrogens with zero attached hydrogens (tertiary/aromatic N) is 2. The van der Waals surface area contributed by atoms with Gasteiger partial charge in [0, 0.05) is 39.3 Å². The van der Waals surface area contributed by atoms with Crippen molar-refractivity contribution in [1.29, 1.82) is 0 Å². The summed E-state index contributed by atoms with van der Waals surface area (Å²) in [6, 6.07) is 8.96. The Kier molecular flexibility index (Phi) is 5.17. The highest BCUT2D eigenvalue weighted by molar-refractivity contribution is 5.22. The Morgan fingerprint density at radius 2 is 1.50 bits per heavy atom. The number of aliphatic hydroxyl groups excluding tert-OH is 1. The molecule has 100 valence electrons. The maximum Gasteiger partial charge on any atom is 0.0558 e. The molecular formula is C15H24N2O. The van der Waals surface area contributed by atoms with Crippen LogP contribution < -0.4 is 0 Å². The Hall–Kier alpha value is -0.900. The first kappa shape index (κ1) is 13.5. The number of rotatable bonds is 5. The van der Waals surface area contributed by atoms with E-state index in [1.54, 1.807) is 0 Å². The molecule has 1 aliphatic rings. The third-order valence-electron chi connectivity index (χ3n) is 3.72. The number of hydrogen-bond donors (Lipinski definition) is 1. The average Bonchev–Trinajstić information content (AvgIpc) is 2.42. The number of benzene rings is 1. The lowest BCUT2D eigenvalue weighted by atomic mass is 10.1. The van der Waals surface area contributed by atoms with Crippen LogP contribution in [0.5, 0.6) is 0 Å². The normalized spacial score (nSPS) is 18.1. The number of hydrogen-bond acceptors (Lipinski definition) is 3. The van der Waals surface area contributed by atoms with Crippen LogP contribution in [-0.4, -0.2) is 54.2 Å². The van der Waals surface area contributed by atoms with Crippen LogP contribution in [0.1, 0.15) is 18.1 Å². The first-order valence-corrected chi connectivity index (χ1v) is 6.95. The standard InChI is InChI=1S/C15H24N2O/c1-2-14-3-5-15(6-4-14)13-17-9-7-16(8-10-17)11-12-18/h3-6,18H,2,7-13H2,1H3. The maximum absolute atomic E-state index is 8.91. The van der Waals surface area contributed by atoms with Crippen LogP contribution in [0.25, 0.3) is 0 Å². The van der Waals surface area contributed by atoms with Gasteiger partial charge < -0.3 is 5.11 Å². The molecule has 1 aromatic rings. The molecule has 1 saturated heterocycles. The minimum absolute atomic E-state index is 0.276. The third kappa shape index (κ3) is 3.80. The van der Waals surface area contributed by atoms with Gasteiger partial charge in [-0.25, -0.2) is 0 Å². The molecule has 1 heterocycles. The zero-order chi connectivity index (χ0) is 12.8. The summed E-state index contributed by atoms with van der Waals surface area (Å²) in [5.74, 6) is 0. The lowest BCUT2D eigenvalue weighted by molar-refractivity contribution is 0.108. The second-order valence-electron chi connectivity index (χ2n) is 5.01. The van der Waals surface area contributed by atoms with Crippen molar-refractivity contribution in [3.05, 3.63) is 35.4 Å². The molecule has 0 unspecified atom stereocenters. The topological polar surface area (TPSA) is 26.7 Å². The number of aliphatic hydroxyl groups is 1. The van der Waals surface area contributed by atoms with Gasteiger partial charge >= 0.3 is 0 Å². The van der Waals surface area contributed by atoms with Crippen molar-refractivity contribution in [3.8, 4) is 0 Å². The van der Waals surface area contributed by atoms with Crippen LogP contribution in [0.3, 0.4) is 0 Å². The highest BCUT2D eigenvalue weighted by Gasteiger charge is 2.15. The van der Waals surface area contributed by atoms with E-state index in [2.05, 4.69) is 41.0 Å². The number of β-amino-alcohol motifs (C(OH)–C–C–N with tert-alkyl or cyclic N) is 1. The van der Waals surface area contributed by atoms with Crippen LogP contribution in [-0.2, 0) is 13.0 Å². The SMILES string of the molecule is CCc1ccc(CN2CCN(CCO)CC2)cc1. The van der Waals surface area contributed by atoms with E-state index in [-0.39, 0.29) is 6.61 Å². The van der Waals surface area contributed by atoms with Crippen LogP contribution in [0, 0.1) is 0 Å². The lowest BCUT2D eigenvalue weighted by Crippen LogP contribution is -2.46. The van der Waals surface area contributed by atoms with Gasteiger partial charge in [0.2, 0.25) is 0 Å².